The molecule has 134 valence electrons. The Morgan fingerprint density at radius 1 is 0.846 bits per heavy atom. The smallest absolute Gasteiger partial charge is 0.133 e. The molecule has 1 aliphatic heterocycles. The van der Waals surface area contributed by atoms with Crippen molar-refractivity contribution >= 4 is 22.3 Å². The van der Waals surface area contributed by atoms with E-state index >= 15 is 0 Å². The molecule has 0 amide bonds. The van der Waals surface area contributed by atoms with E-state index in [1.807, 2.05) is 6.20 Å². The summed E-state index contributed by atoms with van der Waals surface area (Å²) in [4.78, 5) is 9.55. The fraction of sp³-hybridized carbons (Fsp3) is 0.318. The molecule has 0 spiro atoms. The number of pyridine rings is 1. The molecule has 0 atom stereocenters. The Morgan fingerprint density at radius 3 is 2.46 bits per heavy atom. The van der Waals surface area contributed by atoms with Gasteiger partial charge in [-0.05, 0) is 36.6 Å². The zero-order valence-corrected chi connectivity index (χ0v) is 15.1. The maximum absolute atomic E-state index is 4.50. The van der Waals surface area contributed by atoms with Crippen LogP contribution in [0.25, 0.3) is 10.8 Å². The van der Waals surface area contributed by atoms with Crippen molar-refractivity contribution in [1.82, 2.24) is 9.88 Å². The molecule has 0 aliphatic carbocycles. The molecule has 26 heavy (non-hydrogen) atoms. The van der Waals surface area contributed by atoms with Crippen molar-refractivity contribution < 1.29 is 0 Å². The summed E-state index contributed by atoms with van der Waals surface area (Å²) < 4.78 is 0. The lowest BCUT2D eigenvalue weighted by Crippen LogP contribution is -2.46. The van der Waals surface area contributed by atoms with Crippen molar-refractivity contribution in [1.29, 1.82) is 0 Å². The van der Waals surface area contributed by atoms with Gasteiger partial charge in [0.1, 0.15) is 5.82 Å². The highest BCUT2D eigenvalue weighted by Gasteiger charge is 2.16. The fourth-order valence-electron chi connectivity index (χ4n) is 3.64. The van der Waals surface area contributed by atoms with Crippen LogP contribution in [0.5, 0.6) is 0 Å². The molecule has 0 bridgehead atoms. The Labute approximate surface area is 155 Å². The number of hydrogen-bond acceptors (Lipinski definition) is 4. The molecule has 0 saturated carbocycles. The Balaban J connectivity index is 1.22. The molecule has 3 aromatic rings. The normalized spacial score (nSPS) is 15.3. The largest absolute Gasteiger partial charge is 0.370 e. The van der Waals surface area contributed by atoms with Gasteiger partial charge in [0, 0.05) is 50.0 Å². The summed E-state index contributed by atoms with van der Waals surface area (Å²) in [6.45, 7) is 6.60. The lowest BCUT2D eigenvalue weighted by atomic mass is 10.1. The number of rotatable bonds is 6. The second kappa shape index (κ2) is 8.19. The first kappa shape index (κ1) is 16.9. The summed E-state index contributed by atoms with van der Waals surface area (Å²) in [7, 11) is 0. The first-order valence-corrected chi connectivity index (χ1v) is 9.50. The van der Waals surface area contributed by atoms with Crippen LogP contribution < -0.4 is 10.2 Å². The van der Waals surface area contributed by atoms with E-state index < -0.39 is 0 Å². The summed E-state index contributed by atoms with van der Waals surface area (Å²) >= 11 is 0. The number of nitrogens with one attached hydrogen (secondary N) is 1. The average molecular weight is 346 g/mol. The van der Waals surface area contributed by atoms with Crippen molar-refractivity contribution in [2.45, 2.75) is 6.42 Å². The van der Waals surface area contributed by atoms with E-state index in [-0.39, 0.29) is 0 Å². The Morgan fingerprint density at radius 2 is 1.62 bits per heavy atom. The number of anilines is 2. The number of hydrogen-bond donors (Lipinski definition) is 1. The molecular weight excluding hydrogens is 320 g/mol. The van der Waals surface area contributed by atoms with Crippen LogP contribution in [0, 0.1) is 0 Å². The van der Waals surface area contributed by atoms with Crippen molar-refractivity contribution in [3.8, 4) is 0 Å². The average Bonchev–Trinajstić information content (AvgIpc) is 2.72. The van der Waals surface area contributed by atoms with Gasteiger partial charge < -0.3 is 10.2 Å². The topological polar surface area (TPSA) is 31.4 Å². The van der Waals surface area contributed by atoms with Gasteiger partial charge in [0.2, 0.25) is 0 Å². The van der Waals surface area contributed by atoms with Crippen LogP contribution in [-0.2, 0) is 0 Å². The third-order valence-electron chi connectivity index (χ3n) is 5.11. The monoisotopic (exact) mass is 346 g/mol. The minimum absolute atomic E-state index is 0.958. The summed E-state index contributed by atoms with van der Waals surface area (Å²) in [6.07, 6.45) is 3.02. The molecule has 4 heteroatoms. The molecule has 0 unspecified atom stereocenters. The molecule has 1 N–H and O–H groups in total. The number of para-hydroxylation sites is 1. The summed E-state index contributed by atoms with van der Waals surface area (Å²) in [5.41, 5.74) is 1.34. The van der Waals surface area contributed by atoms with E-state index in [2.05, 4.69) is 80.8 Å². The number of benzene rings is 2. The van der Waals surface area contributed by atoms with Crippen LogP contribution in [0.2, 0.25) is 0 Å². The summed E-state index contributed by atoms with van der Waals surface area (Å²) in [5, 5.41) is 5.95. The van der Waals surface area contributed by atoms with Crippen LogP contribution in [-0.4, -0.2) is 49.2 Å². The van der Waals surface area contributed by atoms with E-state index in [4.69, 9.17) is 0 Å². The van der Waals surface area contributed by atoms with Gasteiger partial charge in [-0.15, -0.1) is 0 Å². The van der Waals surface area contributed by atoms with Gasteiger partial charge in [-0.3, -0.25) is 4.90 Å². The van der Waals surface area contributed by atoms with Crippen LogP contribution in [0.15, 0.2) is 66.9 Å². The van der Waals surface area contributed by atoms with Crippen LogP contribution in [0.4, 0.5) is 11.5 Å². The van der Waals surface area contributed by atoms with Gasteiger partial charge in [0.05, 0.1) is 0 Å². The maximum Gasteiger partial charge on any atom is 0.133 e. The highest BCUT2D eigenvalue weighted by molar-refractivity contribution is 5.91. The zero-order chi connectivity index (χ0) is 17.6. The second-order valence-electron chi connectivity index (χ2n) is 6.83. The predicted octanol–water partition coefficient (Wildman–Crippen LogP) is 3.86. The lowest BCUT2D eigenvalue weighted by molar-refractivity contribution is 0.257. The van der Waals surface area contributed by atoms with Gasteiger partial charge in [-0.2, -0.15) is 0 Å². The molecule has 1 aromatic heterocycles. The van der Waals surface area contributed by atoms with Crippen molar-refractivity contribution in [2.75, 3.05) is 49.5 Å². The minimum Gasteiger partial charge on any atom is -0.370 e. The third-order valence-corrected chi connectivity index (χ3v) is 5.11. The fourth-order valence-corrected chi connectivity index (χ4v) is 3.64. The van der Waals surface area contributed by atoms with E-state index in [1.54, 1.807) is 0 Å². The Kier molecular flexibility index (Phi) is 5.31. The van der Waals surface area contributed by atoms with Gasteiger partial charge in [0.15, 0.2) is 0 Å². The first-order chi connectivity index (χ1) is 12.9. The molecule has 1 fully saturated rings. The Hall–Kier alpha value is -2.59. The highest BCUT2D eigenvalue weighted by Crippen LogP contribution is 2.20. The standard InChI is InChI=1S/C22H26N4/c1-2-8-20(9-3-1)26-17-15-25(16-18-26)14-6-12-23-22-21-10-5-4-7-19(21)11-13-24-22/h1-5,7-11,13H,6,12,14-18H2,(H,23,24). The van der Waals surface area contributed by atoms with Crippen molar-refractivity contribution in [3.05, 3.63) is 66.9 Å². The Bertz CT molecular complexity index is 820. The molecule has 1 saturated heterocycles. The predicted molar refractivity (Wildman–Crippen MR) is 110 cm³/mol. The maximum atomic E-state index is 4.50. The molecule has 2 aromatic carbocycles. The second-order valence-corrected chi connectivity index (χ2v) is 6.83. The third kappa shape index (κ3) is 3.97. The van der Waals surface area contributed by atoms with E-state index in [1.165, 1.54) is 16.5 Å². The number of nitrogens with zero attached hydrogens (tertiary/aromatic N) is 3. The molecule has 4 nitrogen and oxygen atoms in total. The molecular formula is C22H26N4. The highest BCUT2D eigenvalue weighted by atomic mass is 15.3. The van der Waals surface area contributed by atoms with E-state index in [0.29, 0.717) is 0 Å². The summed E-state index contributed by atoms with van der Waals surface area (Å²) in [5.74, 6) is 0.997. The minimum atomic E-state index is 0.958. The van der Waals surface area contributed by atoms with Crippen molar-refractivity contribution in [2.24, 2.45) is 0 Å². The number of fused-ring (bicyclic) bond motifs is 1. The number of piperazine rings is 1. The molecule has 0 radical (unpaired) electrons. The quantitative estimate of drug-likeness (QED) is 0.687. The molecule has 4 rings (SSSR count). The molecule has 1 aliphatic rings. The van der Waals surface area contributed by atoms with Gasteiger partial charge in [-0.25, -0.2) is 4.98 Å². The van der Waals surface area contributed by atoms with Gasteiger partial charge in [0.25, 0.3) is 0 Å². The number of aromatic nitrogens is 1. The lowest BCUT2D eigenvalue weighted by Gasteiger charge is -2.36. The molecule has 2 heterocycles. The van der Waals surface area contributed by atoms with E-state index in [0.717, 1.165) is 51.5 Å². The van der Waals surface area contributed by atoms with E-state index in [9.17, 15) is 0 Å². The van der Waals surface area contributed by atoms with Crippen molar-refractivity contribution in [3.63, 3.8) is 0 Å². The van der Waals surface area contributed by atoms with Gasteiger partial charge >= 0.3 is 0 Å². The van der Waals surface area contributed by atoms with Crippen LogP contribution in [0.3, 0.4) is 0 Å². The summed E-state index contributed by atoms with van der Waals surface area (Å²) in [6, 6.07) is 21.2. The first-order valence-electron chi connectivity index (χ1n) is 9.50. The SMILES string of the molecule is c1ccc(N2CCN(CCCNc3nccc4ccccc34)CC2)cc1. The van der Waals surface area contributed by atoms with Crippen LogP contribution in [0.1, 0.15) is 6.42 Å². The van der Waals surface area contributed by atoms with Gasteiger partial charge in [-0.1, -0.05) is 42.5 Å². The zero-order valence-electron chi connectivity index (χ0n) is 15.1. The van der Waals surface area contributed by atoms with Crippen LogP contribution >= 0.6 is 0 Å².